The second-order valence-corrected chi connectivity index (χ2v) is 3.25. The summed E-state index contributed by atoms with van der Waals surface area (Å²) in [4.78, 5) is 33.7. The van der Waals surface area contributed by atoms with Crippen molar-refractivity contribution in [3.63, 3.8) is 0 Å². The number of Topliss-reactive ketones (excluding diaryl/α,β-unsaturated/α-hetero) is 2. The smallest absolute Gasteiger partial charge is 0.375 e. The summed E-state index contributed by atoms with van der Waals surface area (Å²) in [6, 6.07) is 4.94. The number of ether oxygens (including phenoxy) is 1. The Kier molecular flexibility index (Phi) is 4.51. The predicted molar refractivity (Wildman–Crippen MR) is 57.0 cm³/mol. The van der Waals surface area contributed by atoms with Crippen molar-refractivity contribution in [2.75, 3.05) is 6.61 Å². The molecule has 0 unspecified atom stereocenters. The van der Waals surface area contributed by atoms with Crippen LogP contribution < -0.4 is 0 Å². The fourth-order valence-corrected chi connectivity index (χ4v) is 1.19. The first-order chi connectivity index (χ1) is 8.04. The van der Waals surface area contributed by atoms with E-state index in [1.54, 1.807) is 6.92 Å². The van der Waals surface area contributed by atoms with Crippen molar-refractivity contribution < 1.29 is 23.5 Å². The van der Waals surface area contributed by atoms with E-state index in [2.05, 4.69) is 4.74 Å². The highest BCUT2D eigenvalue weighted by Crippen LogP contribution is 2.07. The first-order valence-electron chi connectivity index (χ1n) is 5.03. The third-order valence-corrected chi connectivity index (χ3v) is 1.97. The third-order valence-electron chi connectivity index (χ3n) is 1.97. The van der Waals surface area contributed by atoms with E-state index in [9.17, 15) is 18.8 Å². The Hall–Kier alpha value is -2.04. The molecule has 1 rings (SSSR count). The Morgan fingerprint density at radius 2 is 2.00 bits per heavy atom. The number of hydrogen-bond donors (Lipinski definition) is 0. The molecule has 0 saturated carbocycles. The Labute approximate surface area is 97.4 Å². The van der Waals surface area contributed by atoms with Crippen molar-refractivity contribution in [3.05, 3.63) is 35.6 Å². The maximum atomic E-state index is 12.8. The van der Waals surface area contributed by atoms with Gasteiger partial charge in [0.05, 0.1) is 13.0 Å². The van der Waals surface area contributed by atoms with Crippen LogP contribution in [0.1, 0.15) is 23.7 Å². The summed E-state index contributed by atoms with van der Waals surface area (Å²) in [6.45, 7) is 1.62. The van der Waals surface area contributed by atoms with Gasteiger partial charge in [0.15, 0.2) is 5.78 Å². The molecule has 17 heavy (non-hydrogen) atoms. The molecule has 0 aliphatic carbocycles. The predicted octanol–water partition coefficient (Wildman–Crippen LogP) is 1.53. The van der Waals surface area contributed by atoms with E-state index in [1.165, 1.54) is 18.2 Å². The van der Waals surface area contributed by atoms with E-state index in [0.29, 0.717) is 0 Å². The van der Waals surface area contributed by atoms with E-state index in [1.807, 2.05) is 0 Å². The second-order valence-electron chi connectivity index (χ2n) is 3.25. The topological polar surface area (TPSA) is 60.4 Å². The van der Waals surface area contributed by atoms with Crippen molar-refractivity contribution in [1.82, 2.24) is 0 Å². The van der Waals surface area contributed by atoms with Gasteiger partial charge in [-0.2, -0.15) is 0 Å². The van der Waals surface area contributed by atoms with Gasteiger partial charge in [-0.1, -0.05) is 12.1 Å². The van der Waals surface area contributed by atoms with Crippen LogP contribution in [0.2, 0.25) is 0 Å². The van der Waals surface area contributed by atoms with Gasteiger partial charge in [-0.3, -0.25) is 9.59 Å². The van der Waals surface area contributed by atoms with Gasteiger partial charge in [0.25, 0.3) is 0 Å². The fourth-order valence-electron chi connectivity index (χ4n) is 1.19. The second kappa shape index (κ2) is 5.89. The monoisotopic (exact) mass is 238 g/mol. The molecule has 5 heteroatoms. The average Bonchev–Trinajstić information content (AvgIpc) is 2.29. The first kappa shape index (κ1) is 13.0. The molecule has 90 valence electrons. The van der Waals surface area contributed by atoms with Crippen molar-refractivity contribution in [3.8, 4) is 0 Å². The lowest BCUT2D eigenvalue weighted by atomic mass is 10.1. The number of carbonyl (C=O) groups is 3. The molecule has 0 amide bonds. The van der Waals surface area contributed by atoms with Gasteiger partial charge in [0.1, 0.15) is 5.82 Å². The Morgan fingerprint density at radius 3 is 2.59 bits per heavy atom. The van der Waals surface area contributed by atoms with Crippen LogP contribution in [0.3, 0.4) is 0 Å². The van der Waals surface area contributed by atoms with Crippen LogP contribution in [0.15, 0.2) is 24.3 Å². The zero-order valence-corrected chi connectivity index (χ0v) is 9.23. The lowest BCUT2D eigenvalue weighted by Crippen LogP contribution is -2.20. The van der Waals surface area contributed by atoms with Gasteiger partial charge in [-0.15, -0.1) is 0 Å². The van der Waals surface area contributed by atoms with Crippen molar-refractivity contribution >= 4 is 17.5 Å². The van der Waals surface area contributed by atoms with Gasteiger partial charge in [0, 0.05) is 5.56 Å². The Morgan fingerprint density at radius 1 is 1.29 bits per heavy atom. The Balaban J connectivity index is 2.67. The molecule has 0 radical (unpaired) electrons. The molecular formula is C12H11FO4. The van der Waals surface area contributed by atoms with Crippen molar-refractivity contribution in [2.45, 2.75) is 13.3 Å². The highest BCUT2D eigenvalue weighted by atomic mass is 19.1. The normalized spacial score (nSPS) is 9.76. The molecule has 0 fully saturated rings. The number of halogens is 1. The molecule has 4 nitrogen and oxygen atoms in total. The number of hydrogen-bond acceptors (Lipinski definition) is 4. The molecule has 1 aromatic carbocycles. The maximum Gasteiger partial charge on any atom is 0.375 e. The maximum absolute atomic E-state index is 12.8. The van der Waals surface area contributed by atoms with Crippen LogP contribution in [0.5, 0.6) is 0 Å². The molecule has 0 spiro atoms. The molecule has 0 aliphatic heterocycles. The van der Waals surface area contributed by atoms with Gasteiger partial charge in [-0.05, 0) is 19.1 Å². The average molecular weight is 238 g/mol. The zero-order valence-electron chi connectivity index (χ0n) is 9.23. The number of benzene rings is 1. The fraction of sp³-hybridized carbons (Fsp3) is 0.250. The molecule has 0 aromatic heterocycles. The quantitative estimate of drug-likeness (QED) is 0.338. The molecule has 0 N–H and O–H groups in total. The molecule has 0 aliphatic rings. The van der Waals surface area contributed by atoms with Crippen LogP contribution in [-0.2, 0) is 14.3 Å². The molecule has 0 bridgehead atoms. The molecule has 1 aromatic rings. The standard InChI is InChI=1S/C12H11FO4/c1-2-17-12(16)11(15)7-10(14)8-4-3-5-9(13)6-8/h3-6H,2,7H2,1H3. The van der Waals surface area contributed by atoms with E-state index in [0.717, 1.165) is 6.07 Å². The van der Waals surface area contributed by atoms with Crippen molar-refractivity contribution in [1.29, 1.82) is 0 Å². The summed E-state index contributed by atoms with van der Waals surface area (Å²) in [7, 11) is 0. The Bertz CT molecular complexity index is 454. The summed E-state index contributed by atoms with van der Waals surface area (Å²) in [5.74, 6) is -3.15. The van der Waals surface area contributed by atoms with E-state index >= 15 is 0 Å². The molecular weight excluding hydrogens is 227 g/mol. The summed E-state index contributed by atoms with van der Waals surface area (Å²) in [6.07, 6.45) is -0.609. The molecule has 0 saturated heterocycles. The summed E-state index contributed by atoms with van der Waals surface area (Å²) < 4.78 is 17.3. The summed E-state index contributed by atoms with van der Waals surface area (Å²) >= 11 is 0. The summed E-state index contributed by atoms with van der Waals surface area (Å²) in [5.41, 5.74) is 0.0580. The van der Waals surface area contributed by atoms with Crippen LogP contribution in [0.4, 0.5) is 4.39 Å². The number of rotatable bonds is 5. The molecule has 0 heterocycles. The summed E-state index contributed by atoms with van der Waals surface area (Å²) in [5, 5.41) is 0. The number of carbonyl (C=O) groups excluding carboxylic acids is 3. The molecule has 0 atom stereocenters. The van der Waals surface area contributed by atoms with E-state index < -0.39 is 29.8 Å². The van der Waals surface area contributed by atoms with E-state index in [-0.39, 0.29) is 12.2 Å². The van der Waals surface area contributed by atoms with Crippen molar-refractivity contribution in [2.24, 2.45) is 0 Å². The SMILES string of the molecule is CCOC(=O)C(=O)CC(=O)c1cccc(F)c1. The minimum atomic E-state index is -1.04. The minimum absolute atomic E-state index is 0.0580. The van der Waals surface area contributed by atoms with Gasteiger partial charge in [-0.25, -0.2) is 9.18 Å². The third kappa shape index (κ3) is 3.79. The van der Waals surface area contributed by atoms with Crippen LogP contribution >= 0.6 is 0 Å². The van der Waals surface area contributed by atoms with Crippen LogP contribution in [0, 0.1) is 5.82 Å². The van der Waals surface area contributed by atoms with E-state index in [4.69, 9.17) is 0 Å². The zero-order chi connectivity index (χ0) is 12.8. The first-order valence-corrected chi connectivity index (χ1v) is 5.03. The van der Waals surface area contributed by atoms with Gasteiger partial charge in [0.2, 0.25) is 5.78 Å². The van der Waals surface area contributed by atoms with Crippen LogP contribution in [-0.4, -0.2) is 24.1 Å². The van der Waals surface area contributed by atoms with Gasteiger partial charge >= 0.3 is 5.97 Å². The van der Waals surface area contributed by atoms with Gasteiger partial charge < -0.3 is 4.74 Å². The number of esters is 1. The highest BCUT2D eigenvalue weighted by molar-refractivity contribution is 6.38. The lowest BCUT2D eigenvalue weighted by Gasteiger charge is -2.01. The minimum Gasteiger partial charge on any atom is -0.460 e. The number of ketones is 2. The highest BCUT2D eigenvalue weighted by Gasteiger charge is 2.19. The lowest BCUT2D eigenvalue weighted by molar-refractivity contribution is -0.153. The largest absolute Gasteiger partial charge is 0.460 e. The van der Waals surface area contributed by atoms with Crippen LogP contribution in [0.25, 0.3) is 0 Å².